The van der Waals surface area contributed by atoms with Crippen molar-refractivity contribution in [2.24, 2.45) is 5.73 Å². The maximum atomic E-state index is 13.8. The van der Waals surface area contributed by atoms with Gasteiger partial charge in [-0.3, -0.25) is 19.8 Å². The number of carbonyl (C=O) groups excluding carboxylic acids is 2. The number of likely N-dealkylation sites (tertiary alicyclic amines) is 1. The van der Waals surface area contributed by atoms with Gasteiger partial charge in [-0.05, 0) is 30.4 Å². The summed E-state index contributed by atoms with van der Waals surface area (Å²) in [5.41, 5.74) is 5.00. The van der Waals surface area contributed by atoms with Crippen LogP contribution in [0.2, 0.25) is 0 Å². The van der Waals surface area contributed by atoms with Crippen LogP contribution in [0, 0.1) is 5.41 Å². The third-order valence-corrected chi connectivity index (χ3v) is 7.95. The molecule has 2 aromatic rings. The number of nitrogens with zero attached hydrogens (tertiary/aromatic N) is 1. The predicted octanol–water partition coefficient (Wildman–Crippen LogP) is 1.52. The number of amidine groups is 1. The molecule has 1 saturated heterocycles. The van der Waals surface area contributed by atoms with E-state index in [1.54, 1.807) is 54.6 Å². The number of hydrogen-bond acceptors (Lipinski definition) is 6. The average molecular weight is 598 g/mol. The van der Waals surface area contributed by atoms with E-state index < -0.39 is 57.7 Å². The van der Waals surface area contributed by atoms with Crippen molar-refractivity contribution >= 4 is 33.6 Å². The molecule has 0 unspecified atom stereocenters. The number of benzene rings is 2. The van der Waals surface area contributed by atoms with Crippen LogP contribution in [-0.2, 0) is 37.4 Å². The molecule has 1 aliphatic heterocycles. The van der Waals surface area contributed by atoms with E-state index in [2.05, 4.69) is 5.32 Å². The predicted molar refractivity (Wildman–Crippen MR) is 142 cm³/mol. The molecule has 0 radical (unpaired) electrons. The van der Waals surface area contributed by atoms with E-state index in [-0.39, 0.29) is 38.2 Å². The van der Waals surface area contributed by atoms with Gasteiger partial charge in [0.1, 0.15) is 17.4 Å². The molecule has 2 amide bonds. The highest BCUT2D eigenvalue weighted by Crippen LogP contribution is 2.34. The van der Waals surface area contributed by atoms with E-state index in [1.165, 1.54) is 0 Å². The fourth-order valence-electron chi connectivity index (χ4n) is 4.79. The maximum absolute atomic E-state index is 13.8. The standard InChI is InChI=1S/C26H30F3N5O6S/c27-26(28,29)16-41(39,40)33-20(13-17-5-2-1-3-6-17)23(37)34-12-4-11-25(34,14-21(35)36)24(38)32-15-18-7-9-19(10-8-18)22(30)31/h1-3,5-10,20,33H,4,11-16H2,(H3,30,31)(H,32,38)(H,35,36)/t20-,25-/m1/s1. The highest BCUT2D eigenvalue weighted by atomic mass is 32.2. The van der Waals surface area contributed by atoms with Crippen molar-refractivity contribution in [2.45, 2.75) is 50.0 Å². The molecule has 1 heterocycles. The molecule has 41 heavy (non-hydrogen) atoms. The minimum atomic E-state index is -5.07. The fourth-order valence-corrected chi connectivity index (χ4v) is 5.92. The Bertz CT molecular complexity index is 1390. The lowest BCUT2D eigenvalue weighted by Crippen LogP contribution is -2.62. The Morgan fingerprint density at radius 2 is 1.71 bits per heavy atom. The van der Waals surface area contributed by atoms with Crippen molar-refractivity contribution in [3.05, 3.63) is 71.3 Å². The Balaban J connectivity index is 1.91. The van der Waals surface area contributed by atoms with Gasteiger partial charge in [0.15, 0.2) is 5.75 Å². The van der Waals surface area contributed by atoms with Gasteiger partial charge < -0.3 is 21.1 Å². The number of aliphatic carboxylic acids is 1. The summed E-state index contributed by atoms with van der Waals surface area (Å²) < 4.78 is 65.4. The number of hydrogen-bond donors (Lipinski definition) is 5. The average Bonchev–Trinajstić information content (AvgIpc) is 3.29. The zero-order valence-electron chi connectivity index (χ0n) is 21.8. The second-order valence-corrected chi connectivity index (χ2v) is 11.5. The quantitative estimate of drug-likeness (QED) is 0.181. The monoisotopic (exact) mass is 597 g/mol. The number of rotatable bonds is 12. The van der Waals surface area contributed by atoms with Gasteiger partial charge in [0.25, 0.3) is 0 Å². The lowest BCUT2D eigenvalue weighted by atomic mass is 9.89. The van der Waals surface area contributed by atoms with E-state index in [4.69, 9.17) is 11.1 Å². The van der Waals surface area contributed by atoms with Crippen LogP contribution in [-0.4, -0.2) is 72.1 Å². The Morgan fingerprint density at radius 1 is 1.07 bits per heavy atom. The van der Waals surface area contributed by atoms with Crippen LogP contribution in [0.15, 0.2) is 54.6 Å². The summed E-state index contributed by atoms with van der Waals surface area (Å²) in [6.45, 7) is -0.175. The Hall–Kier alpha value is -3.98. The van der Waals surface area contributed by atoms with Crippen LogP contribution >= 0.6 is 0 Å². The van der Waals surface area contributed by atoms with E-state index in [9.17, 15) is 41.1 Å². The number of carboxylic acid groups (broad SMARTS) is 1. The topological polar surface area (TPSA) is 183 Å². The number of sulfonamides is 1. The molecule has 1 aliphatic rings. The number of nitrogens with two attached hydrogens (primary N) is 1. The van der Waals surface area contributed by atoms with E-state index in [0.29, 0.717) is 16.7 Å². The van der Waals surface area contributed by atoms with E-state index >= 15 is 0 Å². The Kier molecular flexibility index (Phi) is 9.76. The molecule has 0 saturated carbocycles. The molecule has 2 aromatic carbocycles. The van der Waals surface area contributed by atoms with Gasteiger partial charge in [-0.2, -0.15) is 13.2 Å². The van der Waals surface area contributed by atoms with Crippen molar-refractivity contribution in [1.82, 2.24) is 14.9 Å². The third kappa shape index (κ3) is 8.50. The number of nitrogens with one attached hydrogen (secondary N) is 3. The smallest absolute Gasteiger partial charge is 0.404 e. The number of alkyl halides is 3. The minimum absolute atomic E-state index is 0.0620. The molecule has 0 aromatic heterocycles. The molecular formula is C26H30F3N5O6S. The third-order valence-electron chi connectivity index (χ3n) is 6.60. The van der Waals surface area contributed by atoms with Crippen LogP contribution in [0.25, 0.3) is 0 Å². The van der Waals surface area contributed by atoms with Gasteiger partial charge in [0.2, 0.25) is 21.8 Å². The lowest BCUT2D eigenvalue weighted by Gasteiger charge is -2.38. The van der Waals surface area contributed by atoms with Crippen LogP contribution < -0.4 is 15.8 Å². The second-order valence-electron chi connectivity index (χ2n) is 9.72. The number of halogens is 3. The maximum Gasteiger partial charge on any atom is 0.404 e. The van der Waals surface area contributed by atoms with Gasteiger partial charge in [0, 0.05) is 18.7 Å². The first kappa shape index (κ1) is 31.5. The zero-order valence-corrected chi connectivity index (χ0v) is 22.6. The molecule has 2 atom stereocenters. The summed E-state index contributed by atoms with van der Waals surface area (Å²) >= 11 is 0. The molecule has 15 heteroatoms. The number of nitrogen functional groups attached to an aromatic ring is 1. The van der Waals surface area contributed by atoms with Crippen LogP contribution in [0.1, 0.15) is 36.0 Å². The number of carbonyl (C=O) groups is 3. The zero-order chi connectivity index (χ0) is 30.4. The van der Waals surface area contributed by atoms with Gasteiger partial charge >= 0.3 is 12.1 Å². The normalized spacial score (nSPS) is 18.1. The van der Waals surface area contributed by atoms with Gasteiger partial charge in [-0.15, -0.1) is 0 Å². The highest BCUT2D eigenvalue weighted by Gasteiger charge is 2.52. The number of carboxylic acids is 1. The van der Waals surface area contributed by atoms with Crippen LogP contribution in [0.4, 0.5) is 13.2 Å². The van der Waals surface area contributed by atoms with Crippen molar-refractivity contribution < 1.29 is 41.1 Å². The summed E-state index contributed by atoms with van der Waals surface area (Å²) in [6, 6.07) is 12.5. The van der Waals surface area contributed by atoms with Gasteiger partial charge in [0.05, 0.1) is 6.42 Å². The molecule has 222 valence electrons. The van der Waals surface area contributed by atoms with Gasteiger partial charge in [-0.1, -0.05) is 54.6 Å². The summed E-state index contributed by atoms with van der Waals surface area (Å²) in [7, 11) is -5.03. The first-order valence-corrected chi connectivity index (χ1v) is 14.1. The molecular weight excluding hydrogens is 567 g/mol. The Labute approximate surface area is 234 Å². The SMILES string of the molecule is N=C(N)c1ccc(CNC(=O)[C@]2(CC(=O)O)CCCN2C(=O)[C@@H](Cc2ccccc2)NS(=O)(=O)CC(F)(F)F)cc1. The first-order valence-electron chi connectivity index (χ1n) is 12.5. The van der Waals surface area contributed by atoms with Crippen molar-refractivity contribution in [3.8, 4) is 0 Å². The molecule has 0 bridgehead atoms. The molecule has 0 aliphatic carbocycles. The van der Waals surface area contributed by atoms with Crippen LogP contribution in [0.3, 0.4) is 0 Å². The Morgan fingerprint density at radius 3 is 2.27 bits per heavy atom. The van der Waals surface area contributed by atoms with Crippen molar-refractivity contribution in [1.29, 1.82) is 5.41 Å². The second kappa shape index (κ2) is 12.7. The highest BCUT2D eigenvalue weighted by molar-refractivity contribution is 7.89. The molecule has 0 spiro atoms. The molecule has 1 fully saturated rings. The molecule has 6 N–H and O–H groups in total. The fraction of sp³-hybridized carbons (Fsp3) is 0.385. The molecule has 3 rings (SSSR count). The largest absolute Gasteiger partial charge is 0.481 e. The van der Waals surface area contributed by atoms with Gasteiger partial charge in [-0.25, -0.2) is 13.1 Å². The summed E-state index contributed by atoms with van der Waals surface area (Å²) in [5, 5.41) is 19.7. The van der Waals surface area contributed by atoms with Crippen molar-refractivity contribution in [3.63, 3.8) is 0 Å². The summed E-state index contributed by atoms with van der Waals surface area (Å²) in [5.74, 6) is -5.60. The summed E-state index contributed by atoms with van der Waals surface area (Å²) in [6.07, 6.45) is -6.07. The van der Waals surface area contributed by atoms with Crippen molar-refractivity contribution in [2.75, 3.05) is 12.3 Å². The molecule has 11 nitrogen and oxygen atoms in total. The van der Waals surface area contributed by atoms with E-state index in [0.717, 1.165) is 4.90 Å². The summed E-state index contributed by atoms with van der Waals surface area (Å²) in [4.78, 5) is 40.1. The number of amides is 2. The lowest BCUT2D eigenvalue weighted by molar-refractivity contribution is -0.152. The first-order chi connectivity index (χ1) is 19.1. The minimum Gasteiger partial charge on any atom is -0.481 e. The van der Waals surface area contributed by atoms with E-state index in [1.807, 2.05) is 4.72 Å². The van der Waals surface area contributed by atoms with Crippen LogP contribution in [0.5, 0.6) is 0 Å².